The van der Waals surface area contributed by atoms with Crippen molar-refractivity contribution in [2.75, 3.05) is 13.1 Å². The molecule has 2 atom stereocenters. The molecule has 2 aromatic rings. The lowest BCUT2D eigenvalue weighted by molar-refractivity contribution is -0.156. The number of nitrogens with zero attached hydrogens (tertiary/aromatic N) is 1. The van der Waals surface area contributed by atoms with Gasteiger partial charge in [-0.2, -0.15) is 0 Å². The normalized spacial score (nSPS) is 19.5. The Hall–Kier alpha value is -3.55. The summed E-state index contributed by atoms with van der Waals surface area (Å²) in [5.41, 5.74) is -2.52. The highest BCUT2D eigenvalue weighted by atomic mass is 19.2. The lowest BCUT2D eigenvalue weighted by Crippen LogP contribution is -2.67. The average Bonchev–Trinajstić information content (AvgIpc) is 3.15. The van der Waals surface area contributed by atoms with E-state index in [-0.39, 0.29) is 18.4 Å². The first-order valence-electron chi connectivity index (χ1n) is 11.1. The molecule has 0 aliphatic carbocycles. The van der Waals surface area contributed by atoms with E-state index in [9.17, 15) is 28.3 Å². The van der Waals surface area contributed by atoms with Gasteiger partial charge in [-0.1, -0.05) is 49.4 Å². The first-order chi connectivity index (χ1) is 16.1. The van der Waals surface area contributed by atoms with E-state index >= 15 is 0 Å². The van der Waals surface area contributed by atoms with Crippen LogP contribution in [0.5, 0.6) is 0 Å². The number of likely N-dealkylation sites (tertiary alicyclic amines) is 1. The molecule has 3 rings (SSSR count). The van der Waals surface area contributed by atoms with Crippen LogP contribution < -0.4 is 5.32 Å². The Labute approximate surface area is 197 Å². The predicted octanol–water partition coefficient (Wildman–Crippen LogP) is 3.97. The number of rotatable bonds is 9. The lowest BCUT2D eigenvalue weighted by atomic mass is 9.62. The minimum atomic E-state index is -2.03. The SMILES string of the molecule is C=C(C)C1(C(CC)(NC(=O)c2ccc(F)c(F)c2)C(=O)O)CCN(CCc2ccccc2)C1=O. The largest absolute Gasteiger partial charge is 0.479 e. The number of nitrogens with one attached hydrogen (secondary N) is 1. The van der Waals surface area contributed by atoms with Crippen molar-refractivity contribution < 1.29 is 28.3 Å². The summed E-state index contributed by atoms with van der Waals surface area (Å²) >= 11 is 0. The number of halogens is 2. The number of hydrogen-bond acceptors (Lipinski definition) is 3. The van der Waals surface area contributed by atoms with E-state index in [1.807, 2.05) is 30.3 Å². The summed E-state index contributed by atoms with van der Waals surface area (Å²) in [6.07, 6.45) is 0.614. The van der Waals surface area contributed by atoms with Crippen LogP contribution in [0.15, 0.2) is 60.7 Å². The highest BCUT2D eigenvalue weighted by Gasteiger charge is 2.65. The molecule has 0 saturated carbocycles. The van der Waals surface area contributed by atoms with E-state index in [1.165, 1.54) is 0 Å². The van der Waals surface area contributed by atoms with E-state index in [0.29, 0.717) is 31.1 Å². The fourth-order valence-electron chi connectivity index (χ4n) is 4.85. The zero-order valence-corrected chi connectivity index (χ0v) is 19.2. The molecular weight excluding hydrogens is 442 g/mol. The van der Waals surface area contributed by atoms with Gasteiger partial charge in [-0.05, 0) is 49.9 Å². The van der Waals surface area contributed by atoms with Crippen molar-refractivity contribution in [3.8, 4) is 0 Å². The van der Waals surface area contributed by atoms with Gasteiger partial charge in [0.15, 0.2) is 17.2 Å². The smallest absolute Gasteiger partial charge is 0.330 e. The van der Waals surface area contributed by atoms with Crippen LogP contribution in [0.3, 0.4) is 0 Å². The van der Waals surface area contributed by atoms with Gasteiger partial charge in [0.1, 0.15) is 5.41 Å². The molecule has 8 heteroatoms. The molecule has 0 bridgehead atoms. The van der Waals surface area contributed by atoms with Crippen LogP contribution in [-0.2, 0) is 16.0 Å². The van der Waals surface area contributed by atoms with Crippen molar-refractivity contribution in [2.45, 2.75) is 38.6 Å². The zero-order valence-electron chi connectivity index (χ0n) is 19.2. The van der Waals surface area contributed by atoms with Gasteiger partial charge >= 0.3 is 5.97 Å². The van der Waals surface area contributed by atoms with E-state index in [1.54, 1.807) is 18.7 Å². The van der Waals surface area contributed by atoms with Crippen LogP contribution in [0.1, 0.15) is 42.6 Å². The van der Waals surface area contributed by atoms with Crippen LogP contribution in [0.2, 0.25) is 0 Å². The van der Waals surface area contributed by atoms with Crippen molar-refractivity contribution in [3.05, 3.63) is 83.4 Å². The van der Waals surface area contributed by atoms with Crippen molar-refractivity contribution in [3.63, 3.8) is 0 Å². The molecule has 1 heterocycles. The van der Waals surface area contributed by atoms with Crippen molar-refractivity contribution in [2.24, 2.45) is 5.41 Å². The standard InChI is InChI=1S/C26H28F2N2O4/c1-4-26(24(33)34,29-22(31)19-10-11-20(27)21(28)16-19)25(17(2)3)13-15-30(23(25)32)14-12-18-8-6-5-7-9-18/h5-11,16H,2,4,12-15H2,1,3H3,(H,29,31)(H,33,34). The Kier molecular flexibility index (Phi) is 7.19. The Morgan fingerprint density at radius 2 is 1.85 bits per heavy atom. The van der Waals surface area contributed by atoms with Gasteiger partial charge in [0.2, 0.25) is 5.91 Å². The number of carboxylic acids is 1. The first kappa shape index (κ1) is 25.1. The maximum Gasteiger partial charge on any atom is 0.330 e. The van der Waals surface area contributed by atoms with Crippen LogP contribution in [0, 0.1) is 17.0 Å². The van der Waals surface area contributed by atoms with Crippen LogP contribution in [-0.4, -0.2) is 46.4 Å². The van der Waals surface area contributed by atoms with Gasteiger partial charge in [0, 0.05) is 18.7 Å². The predicted molar refractivity (Wildman–Crippen MR) is 123 cm³/mol. The summed E-state index contributed by atoms with van der Waals surface area (Å²) in [5, 5.41) is 12.8. The average molecular weight is 471 g/mol. The molecule has 1 aliphatic heterocycles. The summed E-state index contributed by atoms with van der Waals surface area (Å²) in [6.45, 7) is 7.77. The molecule has 6 nitrogen and oxygen atoms in total. The molecule has 2 amide bonds. The molecule has 0 aromatic heterocycles. The van der Waals surface area contributed by atoms with Gasteiger partial charge < -0.3 is 15.3 Å². The minimum absolute atomic E-state index is 0.122. The summed E-state index contributed by atoms with van der Waals surface area (Å²) in [6, 6.07) is 12.1. The Morgan fingerprint density at radius 1 is 1.18 bits per heavy atom. The van der Waals surface area contributed by atoms with E-state index < -0.39 is 40.4 Å². The van der Waals surface area contributed by atoms with E-state index in [4.69, 9.17) is 0 Å². The Balaban J connectivity index is 1.96. The maximum absolute atomic E-state index is 13.8. The number of amides is 2. The maximum atomic E-state index is 13.8. The quantitative estimate of drug-likeness (QED) is 0.543. The molecule has 180 valence electrons. The van der Waals surface area contributed by atoms with Crippen molar-refractivity contribution >= 4 is 17.8 Å². The number of carboxylic acid groups (broad SMARTS) is 1. The molecule has 34 heavy (non-hydrogen) atoms. The van der Waals surface area contributed by atoms with Crippen molar-refractivity contribution in [1.82, 2.24) is 10.2 Å². The third-order valence-electron chi connectivity index (χ3n) is 6.78. The number of carbonyl (C=O) groups excluding carboxylic acids is 2. The van der Waals surface area contributed by atoms with E-state index in [2.05, 4.69) is 11.9 Å². The van der Waals surface area contributed by atoms with Gasteiger partial charge in [-0.3, -0.25) is 9.59 Å². The van der Waals surface area contributed by atoms with Crippen LogP contribution >= 0.6 is 0 Å². The molecule has 2 N–H and O–H groups in total. The monoisotopic (exact) mass is 470 g/mol. The minimum Gasteiger partial charge on any atom is -0.479 e. The highest BCUT2D eigenvalue weighted by molar-refractivity contribution is 6.03. The number of hydrogen-bond donors (Lipinski definition) is 2. The Bertz CT molecular complexity index is 1120. The van der Waals surface area contributed by atoms with Gasteiger partial charge in [-0.15, -0.1) is 0 Å². The number of benzene rings is 2. The zero-order chi connectivity index (χ0) is 25.1. The topological polar surface area (TPSA) is 86.7 Å². The number of carbonyl (C=O) groups is 3. The van der Waals surface area contributed by atoms with Crippen LogP contribution in [0.4, 0.5) is 8.78 Å². The summed E-state index contributed by atoms with van der Waals surface area (Å²) in [4.78, 5) is 41.1. The molecular formula is C26H28F2N2O4. The highest BCUT2D eigenvalue weighted by Crippen LogP contribution is 2.49. The first-order valence-corrected chi connectivity index (χ1v) is 11.1. The lowest BCUT2D eigenvalue weighted by Gasteiger charge is -2.44. The van der Waals surface area contributed by atoms with E-state index in [0.717, 1.165) is 17.7 Å². The fourth-order valence-corrected chi connectivity index (χ4v) is 4.85. The fraction of sp³-hybridized carbons (Fsp3) is 0.346. The molecule has 0 radical (unpaired) electrons. The second kappa shape index (κ2) is 9.75. The van der Waals surface area contributed by atoms with Crippen molar-refractivity contribution in [1.29, 1.82) is 0 Å². The molecule has 1 aliphatic rings. The second-order valence-electron chi connectivity index (χ2n) is 8.61. The van der Waals surface area contributed by atoms with Gasteiger partial charge in [0.05, 0.1) is 0 Å². The molecule has 1 fully saturated rings. The van der Waals surface area contributed by atoms with Gasteiger partial charge in [0.25, 0.3) is 5.91 Å². The number of aliphatic carboxylic acids is 1. The molecule has 1 saturated heterocycles. The molecule has 0 spiro atoms. The third kappa shape index (κ3) is 4.20. The summed E-state index contributed by atoms with van der Waals surface area (Å²) in [7, 11) is 0. The Morgan fingerprint density at radius 3 is 2.41 bits per heavy atom. The third-order valence-corrected chi connectivity index (χ3v) is 6.78. The summed E-state index contributed by atoms with van der Waals surface area (Å²) in [5.74, 6) is -5.10. The van der Waals surface area contributed by atoms with Crippen LogP contribution in [0.25, 0.3) is 0 Å². The van der Waals surface area contributed by atoms with Gasteiger partial charge in [-0.25, -0.2) is 13.6 Å². The molecule has 2 aromatic carbocycles. The second-order valence-corrected chi connectivity index (χ2v) is 8.61. The summed E-state index contributed by atoms with van der Waals surface area (Å²) < 4.78 is 27.0. The molecule has 2 unspecified atom stereocenters.